The van der Waals surface area contributed by atoms with E-state index < -0.39 is 0 Å². The summed E-state index contributed by atoms with van der Waals surface area (Å²) in [5.41, 5.74) is 0. The fraction of sp³-hybridized carbons (Fsp3) is 1.00. The van der Waals surface area contributed by atoms with Gasteiger partial charge < -0.3 is 15.5 Å². The third kappa shape index (κ3) is 8.22. The van der Waals surface area contributed by atoms with Crippen molar-refractivity contribution >= 4 is 0 Å². The number of aliphatic hydroxyl groups excluding tert-OH is 2. The highest BCUT2D eigenvalue weighted by atomic mass is 16.3. The van der Waals surface area contributed by atoms with Gasteiger partial charge in [0.05, 0.1) is 6.10 Å². The van der Waals surface area contributed by atoms with Crippen LogP contribution < -0.4 is 5.32 Å². The number of rotatable bonds is 7. The Balaban J connectivity index is 3.31. The van der Waals surface area contributed by atoms with Crippen molar-refractivity contribution in [3.05, 3.63) is 0 Å². The predicted octanol–water partition coefficient (Wildman–Crippen LogP) is 0.611. The zero-order valence-corrected chi connectivity index (χ0v) is 8.95. The second-order valence-electron chi connectivity index (χ2n) is 4.23. The minimum atomic E-state index is -0.258. The SMILES string of the molecule is CC(C)CC(O)CNCC(C)CO. The number of hydrogen-bond acceptors (Lipinski definition) is 3. The van der Waals surface area contributed by atoms with E-state index in [0.29, 0.717) is 12.5 Å². The van der Waals surface area contributed by atoms with Gasteiger partial charge in [-0.3, -0.25) is 0 Å². The molecule has 0 aliphatic rings. The van der Waals surface area contributed by atoms with Gasteiger partial charge in [-0.1, -0.05) is 20.8 Å². The van der Waals surface area contributed by atoms with Crippen molar-refractivity contribution in [3.63, 3.8) is 0 Å². The highest BCUT2D eigenvalue weighted by Gasteiger charge is 2.06. The van der Waals surface area contributed by atoms with Gasteiger partial charge >= 0.3 is 0 Å². The van der Waals surface area contributed by atoms with Crippen LogP contribution >= 0.6 is 0 Å². The van der Waals surface area contributed by atoms with Crippen LogP contribution in [0.15, 0.2) is 0 Å². The molecule has 0 bridgehead atoms. The zero-order valence-electron chi connectivity index (χ0n) is 8.95. The summed E-state index contributed by atoms with van der Waals surface area (Å²) in [6.45, 7) is 7.77. The molecule has 0 radical (unpaired) electrons. The Labute approximate surface area is 81.2 Å². The summed E-state index contributed by atoms with van der Waals surface area (Å²) < 4.78 is 0. The lowest BCUT2D eigenvalue weighted by atomic mass is 10.1. The van der Waals surface area contributed by atoms with Crippen molar-refractivity contribution in [1.82, 2.24) is 5.32 Å². The van der Waals surface area contributed by atoms with Gasteiger partial charge in [0.15, 0.2) is 0 Å². The molecule has 0 aromatic heterocycles. The molecule has 0 heterocycles. The Hall–Kier alpha value is -0.120. The molecule has 0 aromatic carbocycles. The highest BCUT2D eigenvalue weighted by Crippen LogP contribution is 2.03. The quantitative estimate of drug-likeness (QED) is 0.550. The minimum Gasteiger partial charge on any atom is -0.396 e. The van der Waals surface area contributed by atoms with Crippen molar-refractivity contribution in [2.24, 2.45) is 11.8 Å². The van der Waals surface area contributed by atoms with Crippen LogP contribution in [0.4, 0.5) is 0 Å². The molecule has 13 heavy (non-hydrogen) atoms. The summed E-state index contributed by atoms with van der Waals surface area (Å²) in [7, 11) is 0. The van der Waals surface area contributed by atoms with E-state index in [2.05, 4.69) is 19.2 Å². The van der Waals surface area contributed by atoms with Gasteiger partial charge in [0, 0.05) is 13.2 Å². The van der Waals surface area contributed by atoms with Gasteiger partial charge in [0.1, 0.15) is 0 Å². The molecule has 0 amide bonds. The summed E-state index contributed by atoms with van der Waals surface area (Å²) >= 11 is 0. The fourth-order valence-electron chi connectivity index (χ4n) is 1.19. The van der Waals surface area contributed by atoms with E-state index in [1.54, 1.807) is 0 Å². The molecular weight excluding hydrogens is 166 g/mol. The lowest BCUT2D eigenvalue weighted by Gasteiger charge is -2.15. The average Bonchev–Trinajstić information content (AvgIpc) is 2.02. The molecule has 3 N–H and O–H groups in total. The van der Waals surface area contributed by atoms with Gasteiger partial charge in [-0.2, -0.15) is 0 Å². The summed E-state index contributed by atoms with van der Waals surface area (Å²) in [6.07, 6.45) is 0.575. The molecule has 0 spiro atoms. The number of aliphatic hydroxyl groups is 2. The molecule has 0 aromatic rings. The van der Waals surface area contributed by atoms with E-state index in [0.717, 1.165) is 13.0 Å². The number of hydrogen-bond donors (Lipinski definition) is 3. The largest absolute Gasteiger partial charge is 0.396 e. The Morgan fingerprint density at radius 3 is 2.23 bits per heavy atom. The Morgan fingerprint density at radius 2 is 1.77 bits per heavy atom. The van der Waals surface area contributed by atoms with E-state index in [1.165, 1.54) is 0 Å². The second-order valence-corrected chi connectivity index (χ2v) is 4.23. The van der Waals surface area contributed by atoms with Crippen molar-refractivity contribution in [2.45, 2.75) is 33.3 Å². The minimum absolute atomic E-state index is 0.202. The smallest absolute Gasteiger partial charge is 0.0667 e. The van der Waals surface area contributed by atoms with E-state index in [1.807, 2.05) is 6.92 Å². The Bertz CT molecular complexity index is 117. The predicted molar refractivity (Wildman–Crippen MR) is 54.6 cm³/mol. The molecule has 0 fully saturated rings. The molecular formula is C10H23NO2. The Morgan fingerprint density at radius 1 is 1.15 bits per heavy atom. The zero-order chi connectivity index (χ0) is 10.3. The molecule has 0 aliphatic heterocycles. The van der Waals surface area contributed by atoms with Gasteiger partial charge in [-0.25, -0.2) is 0 Å². The van der Waals surface area contributed by atoms with Crippen molar-refractivity contribution in [2.75, 3.05) is 19.7 Å². The molecule has 0 saturated heterocycles. The van der Waals surface area contributed by atoms with Crippen LogP contribution in [0.25, 0.3) is 0 Å². The molecule has 2 unspecified atom stereocenters. The van der Waals surface area contributed by atoms with Crippen LogP contribution in [0.5, 0.6) is 0 Å². The van der Waals surface area contributed by atoms with Gasteiger partial charge in [-0.05, 0) is 24.8 Å². The van der Waals surface area contributed by atoms with Gasteiger partial charge in [-0.15, -0.1) is 0 Å². The summed E-state index contributed by atoms with van der Waals surface area (Å²) in [5, 5.41) is 21.4. The van der Waals surface area contributed by atoms with Gasteiger partial charge in [0.25, 0.3) is 0 Å². The molecule has 0 aliphatic carbocycles. The first-order chi connectivity index (χ1) is 6.06. The summed E-state index contributed by atoms with van der Waals surface area (Å²) in [4.78, 5) is 0. The first-order valence-electron chi connectivity index (χ1n) is 5.05. The second kappa shape index (κ2) is 7.30. The third-order valence-electron chi connectivity index (χ3n) is 1.93. The standard InChI is InChI=1S/C10H23NO2/c1-8(2)4-10(13)6-11-5-9(3)7-12/h8-13H,4-7H2,1-3H3. The monoisotopic (exact) mass is 189 g/mol. The maximum atomic E-state index is 9.48. The lowest BCUT2D eigenvalue weighted by molar-refractivity contribution is 0.142. The van der Waals surface area contributed by atoms with Crippen LogP contribution in [0.2, 0.25) is 0 Å². The number of nitrogens with one attached hydrogen (secondary N) is 1. The van der Waals surface area contributed by atoms with E-state index in [9.17, 15) is 5.11 Å². The topological polar surface area (TPSA) is 52.5 Å². The third-order valence-corrected chi connectivity index (χ3v) is 1.93. The highest BCUT2D eigenvalue weighted by molar-refractivity contribution is 4.63. The maximum Gasteiger partial charge on any atom is 0.0667 e. The van der Waals surface area contributed by atoms with E-state index in [4.69, 9.17) is 5.11 Å². The summed E-state index contributed by atoms with van der Waals surface area (Å²) in [5.74, 6) is 0.804. The van der Waals surface area contributed by atoms with E-state index >= 15 is 0 Å². The molecule has 2 atom stereocenters. The Kier molecular flexibility index (Phi) is 7.23. The molecule has 80 valence electrons. The average molecular weight is 189 g/mol. The molecule has 0 rings (SSSR count). The van der Waals surface area contributed by atoms with Crippen molar-refractivity contribution in [1.29, 1.82) is 0 Å². The molecule has 3 nitrogen and oxygen atoms in total. The van der Waals surface area contributed by atoms with Crippen LogP contribution in [0.3, 0.4) is 0 Å². The maximum absolute atomic E-state index is 9.48. The fourth-order valence-corrected chi connectivity index (χ4v) is 1.19. The van der Waals surface area contributed by atoms with Gasteiger partial charge in [0.2, 0.25) is 0 Å². The lowest BCUT2D eigenvalue weighted by Crippen LogP contribution is -2.31. The first kappa shape index (κ1) is 12.9. The van der Waals surface area contributed by atoms with Crippen molar-refractivity contribution in [3.8, 4) is 0 Å². The normalized spacial score (nSPS) is 16.2. The van der Waals surface area contributed by atoms with Crippen LogP contribution in [-0.4, -0.2) is 36.0 Å². The summed E-state index contributed by atoms with van der Waals surface area (Å²) in [6, 6.07) is 0. The van der Waals surface area contributed by atoms with Crippen LogP contribution in [-0.2, 0) is 0 Å². The molecule has 3 heteroatoms. The van der Waals surface area contributed by atoms with Crippen LogP contribution in [0, 0.1) is 11.8 Å². The van der Waals surface area contributed by atoms with Crippen molar-refractivity contribution < 1.29 is 10.2 Å². The molecule has 0 saturated carbocycles. The van der Waals surface area contributed by atoms with E-state index in [-0.39, 0.29) is 18.6 Å². The van der Waals surface area contributed by atoms with Crippen LogP contribution in [0.1, 0.15) is 27.2 Å². The first-order valence-corrected chi connectivity index (χ1v) is 5.05.